The van der Waals surface area contributed by atoms with Crippen molar-refractivity contribution in [3.05, 3.63) is 42.1 Å². The van der Waals surface area contributed by atoms with E-state index in [1.54, 1.807) is 29.7 Å². The Balaban J connectivity index is 2.48. The summed E-state index contributed by atoms with van der Waals surface area (Å²) in [6.45, 7) is 0. The summed E-state index contributed by atoms with van der Waals surface area (Å²) in [7, 11) is 0. The molecule has 0 fully saturated rings. The van der Waals surface area contributed by atoms with E-state index < -0.39 is 12.2 Å². The van der Waals surface area contributed by atoms with Crippen molar-refractivity contribution < 1.29 is 13.2 Å². The van der Waals surface area contributed by atoms with Crippen molar-refractivity contribution in [2.45, 2.75) is 12.2 Å². The van der Waals surface area contributed by atoms with Crippen LogP contribution in [0.1, 0.15) is 11.6 Å². The molecule has 1 atom stereocenters. The minimum atomic E-state index is -4.45. The second-order valence-corrected chi connectivity index (χ2v) is 3.60. The van der Waals surface area contributed by atoms with Crippen LogP contribution in [0.4, 0.5) is 13.2 Å². The number of fused-ring (bicyclic) bond motifs is 1. The molecular formula is C11H10F3N3. The normalized spacial score (nSPS) is 13.9. The van der Waals surface area contributed by atoms with E-state index in [1.807, 2.05) is 0 Å². The van der Waals surface area contributed by atoms with Gasteiger partial charge in [-0.3, -0.25) is 10.8 Å². The molecule has 0 saturated heterocycles. The topological polar surface area (TPSA) is 50.9 Å². The van der Waals surface area contributed by atoms with Gasteiger partial charge in [0.25, 0.3) is 0 Å². The number of rotatable bonds is 2. The van der Waals surface area contributed by atoms with Crippen LogP contribution in [0.2, 0.25) is 0 Å². The molecule has 3 nitrogen and oxygen atoms in total. The summed E-state index contributed by atoms with van der Waals surface area (Å²) >= 11 is 0. The predicted molar refractivity (Wildman–Crippen MR) is 57.9 cm³/mol. The monoisotopic (exact) mass is 241 g/mol. The summed E-state index contributed by atoms with van der Waals surface area (Å²) in [6, 6.07) is 6.48. The molecule has 3 N–H and O–H groups in total. The highest BCUT2D eigenvalue weighted by Gasteiger charge is 2.40. The van der Waals surface area contributed by atoms with E-state index in [-0.39, 0.29) is 5.56 Å². The summed E-state index contributed by atoms with van der Waals surface area (Å²) < 4.78 is 37.9. The zero-order valence-corrected chi connectivity index (χ0v) is 8.70. The Hall–Kier alpha value is -1.66. The molecule has 0 aliphatic heterocycles. The zero-order chi connectivity index (χ0) is 12.5. The number of benzene rings is 1. The number of nitrogens with two attached hydrogens (primary N) is 1. The lowest BCUT2D eigenvalue weighted by Gasteiger charge is -2.19. The zero-order valence-electron chi connectivity index (χ0n) is 8.70. The van der Waals surface area contributed by atoms with E-state index in [0.29, 0.717) is 10.9 Å². The summed E-state index contributed by atoms with van der Waals surface area (Å²) in [4.78, 5) is 3.97. The second kappa shape index (κ2) is 4.31. The van der Waals surface area contributed by atoms with Crippen molar-refractivity contribution in [2.75, 3.05) is 0 Å². The number of hydrogen-bond acceptors (Lipinski definition) is 3. The molecule has 2 aromatic rings. The first kappa shape index (κ1) is 11.8. The van der Waals surface area contributed by atoms with Gasteiger partial charge in [-0.2, -0.15) is 13.2 Å². The van der Waals surface area contributed by atoms with Gasteiger partial charge in [-0.1, -0.05) is 18.2 Å². The van der Waals surface area contributed by atoms with Crippen LogP contribution in [0.5, 0.6) is 0 Å². The van der Waals surface area contributed by atoms with Crippen molar-refractivity contribution >= 4 is 10.9 Å². The fourth-order valence-electron chi connectivity index (χ4n) is 1.63. The maximum Gasteiger partial charge on any atom is 0.409 e. The molecule has 0 amide bonds. The molecule has 1 aromatic heterocycles. The van der Waals surface area contributed by atoms with Crippen LogP contribution in [-0.2, 0) is 0 Å². The van der Waals surface area contributed by atoms with Gasteiger partial charge < -0.3 is 0 Å². The fourth-order valence-corrected chi connectivity index (χ4v) is 1.63. The third kappa shape index (κ3) is 2.37. The molecule has 0 aliphatic rings. The van der Waals surface area contributed by atoms with E-state index in [0.717, 1.165) is 0 Å². The molecule has 0 bridgehead atoms. The Labute approximate surface area is 95.4 Å². The number of aromatic nitrogens is 1. The molecule has 2 rings (SSSR count). The molecular weight excluding hydrogens is 231 g/mol. The smallest absolute Gasteiger partial charge is 0.271 e. The molecule has 90 valence electrons. The number of hydrazine groups is 1. The van der Waals surface area contributed by atoms with Gasteiger partial charge in [0.05, 0.1) is 5.52 Å². The first-order valence-corrected chi connectivity index (χ1v) is 4.90. The first-order chi connectivity index (χ1) is 8.02. The quantitative estimate of drug-likeness (QED) is 0.626. The van der Waals surface area contributed by atoms with Gasteiger partial charge in [0.1, 0.15) is 6.04 Å². The van der Waals surface area contributed by atoms with E-state index >= 15 is 0 Å². The van der Waals surface area contributed by atoms with E-state index in [1.165, 1.54) is 12.3 Å². The molecule has 17 heavy (non-hydrogen) atoms. The van der Waals surface area contributed by atoms with Gasteiger partial charge in [-0.15, -0.1) is 0 Å². The molecule has 0 aliphatic carbocycles. The highest BCUT2D eigenvalue weighted by atomic mass is 19.4. The van der Waals surface area contributed by atoms with Crippen molar-refractivity contribution in [1.29, 1.82) is 0 Å². The maximum absolute atomic E-state index is 12.6. The molecule has 1 aromatic carbocycles. The Morgan fingerprint density at radius 3 is 2.59 bits per heavy atom. The Bertz CT molecular complexity index is 525. The van der Waals surface area contributed by atoms with E-state index in [4.69, 9.17) is 5.84 Å². The highest BCUT2D eigenvalue weighted by molar-refractivity contribution is 5.78. The van der Waals surface area contributed by atoms with E-state index in [2.05, 4.69) is 4.98 Å². The average molecular weight is 241 g/mol. The Morgan fingerprint density at radius 1 is 1.24 bits per heavy atom. The third-order valence-electron chi connectivity index (χ3n) is 2.44. The van der Waals surface area contributed by atoms with Gasteiger partial charge in [0.15, 0.2) is 0 Å². The predicted octanol–water partition coefficient (Wildman–Crippen LogP) is 2.30. The van der Waals surface area contributed by atoms with Crippen LogP contribution >= 0.6 is 0 Å². The minimum Gasteiger partial charge on any atom is -0.271 e. The van der Waals surface area contributed by atoms with Crippen molar-refractivity contribution in [2.24, 2.45) is 5.84 Å². The number of nitrogens with one attached hydrogen (secondary N) is 1. The average Bonchev–Trinajstić information content (AvgIpc) is 2.28. The van der Waals surface area contributed by atoms with Gasteiger partial charge in [-0.25, -0.2) is 5.43 Å². The molecule has 6 heteroatoms. The van der Waals surface area contributed by atoms with Crippen LogP contribution in [0.3, 0.4) is 0 Å². The number of nitrogens with zero attached hydrogens (tertiary/aromatic N) is 1. The van der Waals surface area contributed by atoms with Gasteiger partial charge >= 0.3 is 6.18 Å². The Kier molecular flexibility index (Phi) is 2.99. The van der Waals surface area contributed by atoms with Crippen molar-refractivity contribution in [3.63, 3.8) is 0 Å². The Morgan fingerprint density at radius 2 is 1.94 bits per heavy atom. The van der Waals surface area contributed by atoms with Crippen LogP contribution < -0.4 is 11.3 Å². The molecule has 1 unspecified atom stereocenters. The standard InChI is InChI=1S/C11H10F3N3/c12-11(13,14)10(17-15)8-5-7-3-1-2-4-9(7)16-6-8/h1-6,10,17H,15H2. The van der Waals surface area contributed by atoms with Gasteiger partial charge in [0.2, 0.25) is 0 Å². The minimum absolute atomic E-state index is 0.00120. The highest BCUT2D eigenvalue weighted by Crippen LogP contribution is 2.32. The van der Waals surface area contributed by atoms with Crippen LogP contribution in [0.25, 0.3) is 10.9 Å². The fraction of sp³-hybridized carbons (Fsp3) is 0.182. The summed E-state index contributed by atoms with van der Waals surface area (Å²) in [6.07, 6.45) is -3.26. The summed E-state index contributed by atoms with van der Waals surface area (Å²) in [5, 5.41) is 0.648. The van der Waals surface area contributed by atoms with Gasteiger partial charge in [0, 0.05) is 11.6 Å². The maximum atomic E-state index is 12.6. The van der Waals surface area contributed by atoms with Crippen LogP contribution in [-0.4, -0.2) is 11.2 Å². The lowest BCUT2D eigenvalue weighted by molar-refractivity contribution is -0.157. The first-order valence-electron chi connectivity index (χ1n) is 4.90. The summed E-state index contributed by atoms with van der Waals surface area (Å²) in [5.41, 5.74) is 2.40. The second-order valence-electron chi connectivity index (χ2n) is 3.60. The van der Waals surface area contributed by atoms with Crippen molar-refractivity contribution in [3.8, 4) is 0 Å². The number of halogens is 3. The summed E-state index contributed by atoms with van der Waals surface area (Å²) in [5.74, 6) is 4.94. The molecule has 0 radical (unpaired) electrons. The number of pyridine rings is 1. The lowest BCUT2D eigenvalue weighted by Crippen LogP contribution is -2.38. The SMILES string of the molecule is NNC(c1cnc2ccccc2c1)C(F)(F)F. The lowest BCUT2D eigenvalue weighted by atomic mass is 10.1. The number of hydrogen-bond donors (Lipinski definition) is 2. The van der Waals surface area contributed by atoms with Gasteiger partial charge in [-0.05, 0) is 17.7 Å². The molecule has 0 spiro atoms. The van der Waals surface area contributed by atoms with Crippen molar-refractivity contribution in [1.82, 2.24) is 10.4 Å². The number of alkyl halides is 3. The van der Waals surface area contributed by atoms with Crippen LogP contribution in [0.15, 0.2) is 36.5 Å². The molecule has 0 saturated carbocycles. The largest absolute Gasteiger partial charge is 0.409 e. The van der Waals surface area contributed by atoms with E-state index in [9.17, 15) is 13.2 Å². The van der Waals surface area contributed by atoms with Crippen LogP contribution in [0, 0.1) is 0 Å². The molecule has 1 heterocycles. The third-order valence-corrected chi connectivity index (χ3v) is 2.44. The number of para-hydroxylation sites is 1.